The number of aliphatic hydroxyl groups excluding tert-OH is 1. The summed E-state index contributed by atoms with van der Waals surface area (Å²) in [6.07, 6.45) is 0. The van der Waals surface area contributed by atoms with Gasteiger partial charge in [-0.15, -0.1) is 0 Å². The minimum absolute atomic E-state index is 0.0305. The van der Waals surface area contributed by atoms with Gasteiger partial charge in [-0.05, 0) is 17.5 Å². The van der Waals surface area contributed by atoms with Crippen molar-refractivity contribution in [3.8, 4) is 11.5 Å². The topological polar surface area (TPSA) is 29.5 Å². The first-order chi connectivity index (χ1) is 9.43. The van der Waals surface area contributed by atoms with Crippen molar-refractivity contribution in [3.05, 3.63) is 58.6 Å². The number of hydrogen-bond acceptors (Lipinski definition) is 2. The molecule has 0 saturated heterocycles. The molecule has 0 unspecified atom stereocenters. The van der Waals surface area contributed by atoms with E-state index in [2.05, 4.69) is 20.8 Å². The highest BCUT2D eigenvalue weighted by molar-refractivity contribution is 6.32. The van der Waals surface area contributed by atoms with Gasteiger partial charge in [0, 0.05) is 11.1 Å². The van der Waals surface area contributed by atoms with Gasteiger partial charge in [-0.3, -0.25) is 0 Å². The Morgan fingerprint density at radius 1 is 1.05 bits per heavy atom. The Morgan fingerprint density at radius 3 is 2.40 bits per heavy atom. The molecule has 0 aliphatic rings. The third-order valence-corrected chi connectivity index (χ3v) is 3.42. The van der Waals surface area contributed by atoms with Crippen LogP contribution in [0.1, 0.15) is 31.9 Å². The van der Waals surface area contributed by atoms with Crippen molar-refractivity contribution in [1.29, 1.82) is 0 Å². The molecule has 2 rings (SSSR count). The second-order valence-electron chi connectivity index (χ2n) is 5.73. The Labute approximate surface area is 125 Å². The Kier molecular flexibility index (Phi) is 4.36. The lowest BCUT2D eigenvalue weighted by atomic mass is 9.86. The van der Waals surface area contributed by atoms with Crippen LogP contribution in [0.3, 0.4) is 0 Å². The molecule has 106 valence electrons. The molecule has 2 nitrogen and oxygen atoms in total. The monoisotopic (exact) mass is 290 g/mol. The maximum atomic E-state index is 9.41. The summed E-state index contributed by atoms with van der Waals surface area (Å²) in [6, 6.07) is 13.3. The van der Waals surface area contributed by atoms with Gasteiger partial charge in [0.2, 0.25) is 0 Å². The van der Waals surface area contributed by atoms with Crippen LogP contribution in [0.25, 0.3) is 0 Å². The maximum absolute atomic E-state index is 9.41. The number of halogens is 1. The van der Waals surface area contributed by atoms with E-state index in [1.807, 2.05) is 24.3 Å². The third-order valence-electron chi connectivity index (χ3n) is 3.13. The van der Waals surface area contributed by atoms with Crippen LogP contribution in [0.2, 0.25) is 5.02 Å². The molecule has 0 spiro atoms. The molecule has 0 radical (unpaired) electrons. The minimum Gasteiger partial charge on any atom is -0.455 e. The highest BCUT2D eigenvalue weighted by atomic mass is 35.5. The third kappa shape index (κ3) is 3.14. The van der Waals surface area contributed by atoms with E-state index < -0.39 is 0 Å². The largest absolute Gasteiger partial charge is 0.455 e. The van der Waals surface area contributed by atoms with E-state index in [1.165, 1.54) is 0 Å². The van der Waals surface area contributed by atoms with E-state index in [0.717, 1.165) is 11.3 Å². The highest BCUT2D eigenvalue weighted by Crippen LogP contribution is 2.38. The van der Waals surface area contributed by atoms with Crippen molar-refractivity contribution in [1.82, 2.24) is 0 Å². The maximum Gasteiger partial charge on any atom is 0.151 e. The molecule has 0 bridgehead atoms. The number of benzene rings is 2. The van der Waals surface area contributed by atoms with Crippen molar-refractivity contribution >= 4 is 11.6 Å². The Bertz CT molecular complexity index is 600. The summed E-state index contributed by atoms with van der Waals surface area (Å²) in [6.45, 7) is 6.30. The molecule has 0 atom stereocenters. The summed E-state index contributed by atoms with van der Waals surface area (Å²) in [4.78, 5) is 0. The summed E-state index contributed by atoms with van der Waals surface area (Å²) in [7, 11) is 0. The first-order valence-corrected chi connectivity index (χ1v) is 6.97. The van der Waals surface area contributed by atoms with Crippen LogP contribution in [-0.4, -0.2) is 5.11 Å². The van der Waals surface area contributed by atoms with E-state index in [1.54, 1.807) is 18.2 Å². The summed E-state index contributed by atoms with van der Waals surface area (Å²) in [5.41, 5.74) is 1.75. The van der Waals surface area contributed by atoms with Gasteiger partial charge in [0.05, 0.1) is 11.6 Å². The minimum atomic E-state index is -0.104. The summed E-state index contributed by atoms with van der Waals surface area (Å²) in [5.74, 6) is 1.29. The fourth-order valence-electron chi connectivity index (χ4n) is 2.08. The molecule has 2 aromatic rings. The SMILES string of the molecule is CC(C)(C)c1ccccc1Oc1c(Cl)cccc1CO. The first-order valence-electron chi connectivity index (χ1n) is 6.59. The molecule has 0 amide bonds. The fourth-order valence-corrected chi connectivity index (χ4v) is 2.31. The predicted octanol–water partition coefficient (Wildman–Crippen LogP) is 4.92. The van der Waals surface area contributed by atoms with Gasteiger partial charge in [-0.1, -0.05) is 62.7 Å². The van der Waals surface area contributed by atoms with Gasteiger partial charge in [0.1, 0.15) is 5.75 Å². The van der Waals surface area contributed by atoms with E-state index in [-0.39, 0.29) is 12.0 Å². The zero-order valence-corrected chi connectivity index (χ0v) is 12.7. The van der Waals surface area contributed by atoms with Crippen molar-refractivity contribution in [2.45, 2.75) is 32.8 Å². The number of ether oxygens (including phenoxy) is 1. The number of para-hydroxylation sites is 2. The van der Waals surface area contributed by atoms with E-state index in [4.69, 9.17) is 16.3 Å². The molecule has 2 aromatic carbocycles. The van der Waals surface area contributed by atoms with E-state index in [9.17, 15) is 5.11 Å². The molecule has 20 heavy (non-hydrogen) atoms. The van der Waals surface area contributed by atoms with Gasteiger partial charge >= 0.3 is 0 Å². The van der Waals surface area contributed by atoms with Crippen molar-refractivity contribution in [3.63, 3.8) is 0 Å². The molecule has 1 N–H and O–H groups in total. The lowest BCUT2D eigenvalue weighted by molar-refractivity contribution is 0.276. The van der Waals surface area contributed by atoms with Crippen LogP contribution in [0.15, 0.2) is 42.5 Å². The van der Waals surface area contributed by atoms with Crippen LogP contribution in [0.4, 0.5) is 0 Å². The Morgan fingerprint density at radius 2 is 1.75 bits per heavy atom. The van der Waals surface area contributed by atoms with E-state index in [0.29, 0.717) is 16.3 Å². The van der Waals surface area contributed by atoms with Crippen LogP contribution in [-0.2, 0) is 12.0 Å². The van der Waals surface area contributed by atoms with Crippen LogP contribution in [0.5, 0.6) is 11.5 Å². The predicted molar refractivity (Wildman–Crippen MR) is 82.6 cm³/mol. The molecule has 0 saturated carbocycles. The average molecular weight is 291 g/mol. The highest BCUT2D eigenvalue weighted by Gasteiger charge is 2.20. The average Bonchev–Trinajstić information content (AvgIpc) is 2.40. The van der Waals surface area contributed by atoms with Gasteiger partial charge < -0.3 is 9.84 Å². The van der Waals surface area contributed by atoms with Crippen molar-refractivity contribution < 1.29 is 9.84 Å². The van der Waals surface area contributed by atoms with Gasteiger partial charge in [-0.2, -0.15) is 0 Å². The fraction of sp³-hybridized carbons (Fsp3) is 0.294. The second-order valence-corrected chi connectivity index (χ2v) is 6.14. The van der Waals surface area contributed by atoms with Crippen LogP contribution < -0.4 is 4.74 Å². The summed E-state index contributed by atoms with van der Waals surface area (Å²) >= 11 is 6.19. The molecule has 0 aromatic heterocycles. The summed E-state index contributed by atoms with van der Waals surface area (Å²) in [5, 5.41) is 9.91. The van der Waals surface area contributed by atoms with Gasteiger partial charge in [0.25, 0.3) is 0 Å². The van der Waals surface area contributed by atoms with Gasteiger partial charge in [-0.25, -0.2) is 0 Å². The molecule has 0 heterocycles. The first kappa shape index (κ1) is 14.9. The van der Waals surface area contributed by atoms with Crippen LogP contribution in [0, 0.1) is 0 Å². The zero-order valence-electron chi connectivity index (χ0n) is 12.0. The number of rotatable bonds is 3. The zero-order chi connectivity index (χ0) is 14.8. The van der Waals surface area contributed by atoms with Gasteiger partial charge in [0.15, 0.2) is 5.75 Å². The smallest absolute Gasteiger partial charge is 0.151 e. The molecular weight excluding hydrogens is 272 g/mol. The Balaban J connectivity index is 2.46. The molecular formula is C17H19ClO2. The quantitative estimate of drug-likeness (QED) is 0.869. The van der Waals surface area contributed by atoms with Crippen molar-refractivity contribution in [2.24, 2.45) is 0 Å². The standard InChI is InChI=1S/C17H19ClO2/c1-17(2,3)13-8-4-5-10-15(13)20-16-12(11-19)7-6-9-14(16)18/h4-10,19H,11H2,1-3H3. The normalized spacial score (nSPS) is 11.4. The number of hydrogen-bond donors (Lipinski definition) is 1. The van der Waals surface area contributed by atoms with E-state index >= 15 is 0 Å². The molecule has 0 aliphatic carbocycles. The lowest BCUT2D eigenvalue weighted by Gasteiger charge is -2.23. The Hall–Kier alpha value is -1.51. The molecule has 0 aliphatic heterocycles. The number of aliphatic hydroxyl groups is 1. The van der Waals surface area contributed by atoms with Crippen molar-refractivity contribution in [2.75, 3.05) is 0 Å². The molecule has 0 fully saturated rings. The summed E-state index contributed by atoms with van der Waals surface area (Å²) < 4.78 is 6.00. The lowest BCUT2D eigenvalue weighted by Crippen LogP contribution is -2.12. The molecule has 3 heteroatoms. The second kappa shape index (κ2) is 5.86. The van der Waals surface area contributed by atoms with Crippen LogP contribution >= 0.6 is 11.6 Å².